The van der Waals surface area contributed by atoms with Crippen LogP contribution in [0.3, 0.4) is 0 Å². The van der Waals surface area contributed by atoms with Gasteiger partial charge in [-0.05, 0) is 25.0 Å². The normalized spacial score (nSPS) is 22.4. The van der Waals surface area contributed by atoms with Crippen LogP contribution in [0.15, 0.2) is 29.4 Å². The maximum Gasteiger partial charge on any atom is 0.188 e. The fraction of sp³-hybridized carbons (Fsp3) is 0.571. The van der Waals surface area contributed by atoms with Crippen LogP contribution in [0.4, 0.5) is 0 Å². The van der Waals surface area contributed by atoms with Gasteiger partial charge in [0.2, 0.25) is 0 Å². The van der Waals surface area contributed by atoms with Gasteiger partial charge >= 0.3 is 0 Å². The van der Waals surface area contributed by atoms with Crippen molar-refractivity contribution in [3.05, 3.63) is 30.1 Å². The Morgan fingerprint density at radius 2 is 2.30 bits per heavy atom. The molecule has 1 aromatic heterocycles. The molecule has 1 fully saturated rings. The number of hydrogen-bond donors (Lipinski definition) is 3. The topological polar surface area (TPSA) is 83.5 Å². The second-order valence-electron chi connectivity index (χ2n) is 4.98. The van der Waals surface area contributed by atoms with Crippen LogP contribution in [-0.2, 0) is 6.42 Å². The number of halogens is 1. The Kier molecular flexibility index (Phi) is 7.83. The van der Waals surface area contributed by atoms with Crippen LogP contribution in [0.5, 0.6) is 0 Å². The number of rotatable bonds is 5. The summed E-state index contributed by atoms with van der Waals surface area (Å²) in [4.78, 5) is 8.53. The SMILES string of the molecule is I.NC(=NCC1CCCC1O)NCCc1ccccn1. The van der Waals surface area contributed by atoms with Crippen molar-refractivity contribution in [2.24, 2.45) is 16.6 Å². The first-order chi connectivity index (χ1) is 9.25. The first-order valence-electron chi connectivity index (χ1n) is 6.87. The smallest absolute Gasteiger partial charge is 0.188 e. The minimum atomic E-state index is -0.204. The minimum absolute atomic E-state index is 0. The maximum atomic E-state index is 9.69. The van der Waals surface area contributed by atoms with Gasteiger partial charge in [0.15, 0.2) is 5.96 Å². The van der Waals surface area contributed by atoms with Crippen molar-refractivity contribution in [2.75, 3.05) is 13.1 Å². The predicted molar refractivity (Wildman–Crippen MR) is 91.2 cm³/mol. The van der Waals surface area contributed by atoms with Gasteiger partial charge in [0.25, 0.3) is 0 Å². The molecule has 20 heavy (non-hydrogen) atoms. The summed E-state index contributed by atoms with van der Waals surface area (Å²) in [7, 11) is 0. The molecule has 0 bridgehead atoms. The van der Waals surface area contributed by atoms with Crippen LogP contribution in [0.25, 0.3) is 0 Å². The second-order valence-corrected chi connectivity index (χ2v) is 4.98. The summed E-state index contributed by atoms with van der Waals surface area (Å²) in [6.45, 7) is 1.34. The zero-order valence-electron chi connectivity index (χ0n) is 11.5. The van der Waals surface area contributed by atoms with Crippen molar-refractivity contribution < 1.29 is 5.11 Å². The van der Waals surface area contributed by atoms with Gasteiger partial charge in [0, 0.05) is 37.3 Å². The summed E-state index contributed by atoms with van der Waals surface area (Å²) in [6.07, 6.45) is 5.44. The molecule has 0 saturated heterocycles. The lowest BCUT2D eigenvalue weighted by molar-refractivity contribution is 0.136. The van der Waals surface area contributed by atoms with Crippen LogP contribution < -0.4 is 11.1 Å². The molecular formula is C14H23IN4O. The highest BCUT2D eigenvalue weighted by Crippen LogP contribution is 2.25. The molecule has 1 saturated carbocycles. The van der Waals surface area contributed by atoms with Crippen molar-refractivity contribution in [3.8, 4) is 0 Å². The van der Waals surface area contributed by atoms with E-state index in [9.17, 15) is 5.11 Å². The Balaban J connectivity index is 0.00000200. The predicted octanol–water partition coefficient (Wildman–Crippen LogP) is 1.31. The molecule has 0 aromatic carbocycles. The Morgan fingerprint density at radius 3 is 2.95 bits per heavy atom. The number of pyridine rings is 1. The molecule has 2 atom stereocenters. The number of nitrogens with two attached hydrogens (primary N) is 1. The standard InChI is InChI=1S/C14H22N4O.HI/c15-14(18-10-11-4-3-6-13(11)19)17-9-7-12-5-1-2-8-16-12;/h1-2,5,8,11,13,19H,3-4,6-7,9-10H2,(H3,15,17,18);1H. The molecule has 1 aliphatic carbocycles. The van der Waals surface area contributed by atoms with Crippen LogP contribution >= 0.6 is 24.0 Å². The molecule has 0 aliphatic heterocycles. The second kappa shape index (κ2) is 9.12. The molecule has 2 unspecified atom stereocenters. The maximum absolute atomic E-state index is 9.69. The highest BCUT2D eigenvalue weighted by Gasteiger charge is 2.24. The van der Waals surface area contributed by atoms with Gasteiger partial charge in [-0.3, -0.25) is 9.98 Å². The number of nitrogens with zero attached hydrogens (tertiary/aromatic N) is 2. The number of aliphatic hydroxyl groups excluding tert-OH is 1. The van der Waals surface area contributed by atoms with Crippen molar-refractivity contribution >= 4 is 29.9 Å². The van der Waals surface area contributed by atoms with Crippen LogP contribution in [0.1, 0.15) is 25.0 Å². The van der Waals surface area contributed by atoms with Gasteiger partial charge in [0.1, 0.15) is 0 Å². The highest BCUT2D eigenvalue weighted by molar-refractivity contribution is 14.0. The fourth-order valence-corrected chi connectivity index (χ4v) is 2.37. The molecule has 5 nitrogen and oxygen atoms in total. The van der Waals surface area contributed by atoms with Gasteiger partial charge < -0.3 is 16.2 Å². The van der Waals surface area contributed by atoms with Gasteiger partial charge in [-0.25, -0.2) is 0 Å². The Labute approximate surface area is 137 Å². The third-order valence-corrected chi connectivity index (χ3v) is 3.53. The summed E-state index contributed by atoms with van der Waals surface area (Å²) < 4.78 is 0. The van der Waals surface area contributed by atoms with E-state index < -0.39 is 0 Å². The first kappa shape index (κ1) is 17.2. The molecule has 0 amide bonds. The molecule has 0 spiro atoms. The number of aliphatic imine (C=N–C) groups is 1. The molecule has 2 rings (SSSR count). The van der Waals surface area contributed by atoms with E-state index in [1.165, 1.54) is 0 Å². The lowest BCUT2D eigenvalue weighted by atomic mass is 10.1. The Morgan fingerprint density at radius 1 is 1.45 bits per heavy atom. The summed E-state index contributed by atoms with van der Waals surface area (Å²) in [5.74, 6) is 0.728. The zero-order valence-corrected chi connectivity index (χ0v) is 13.9. The van der Waals surface area contributed by atoms with Crippen LogP contribution in [0, 0.1) is 5.92 Å². The molecule has 1 heterocycles. The van der Waals surface area contributed by atoms with Crippen molar-refractivity contribution in [1.29, 1.82) is 0 Å². The van der Waals surface area contributed by atoms with Crippen LogP contribution in [-0.4, -0.2) is 35.2 Å². The average molecular weight is 390 g/mol. The quantitative estimate of drug-likeness (QED) is 0.402. The monoisotopic (exact) mass is 390 g/mol. The Bertz CT molecular complexity index is 413. The summed E-state index contributed by atoms with van der Waals surface area (Å²) >= 11 is 0. The largest absolute Gasteiger partial charge is 0.393 e. The lowest BCUT2D eigenvalue weighted by Gasteiger charge is -2.12. The van der Waals surface area contributed by atoms with E-state index in [1.807, 2.05) is 18.2 Å². The number of nitrogens with one attached hydrogen (secondary N) is 1. The van der Waals surface area contributed by atoms with E-state index in [4.69, 9.17) is 5.73 Å². The van der Waals surface area contributed by atoms with E-state index in [2.05, 4.69) is 15.3 Å². The molecule has 1 aromatic rings. The number of hydrogen-bond acceptors (Lipinski definition) is 3. The van der Waals surface area contributed by atoms with E-state index in [0.717, 1.165) is 37.9 Å². The van der Waals surface area contributed by atoms with E-state index >= 15 is 0 Å². The Hall–Kier alpha value is -0.890. The molecule has 4 N–H and O–H groups in total. The molecule has 112 valence electrons. The summed E-state index contributed by atoms with van der Waals surface area (Å²) in [6, 6.07) is 5.87. The van der Waals surface area contributed by atoms with Gasteiger partial charge in [-0.2, -0.15) is 0 Å². The molecule has 0 radical (unpaired) electrons. The number of guanidine groups is 1. The fourth-order valence-electron chi connectivity index (χ4n) is 2.37. The van der Waals surface area contributed by atoms with E-state index in [0.29, 0.717) is 12.5 Å². The number of aliphatic hydroxyl groups is 1. The summed E-state index contributed by atoms with van der Waals surface area (Å²) in [5, 5.41) is 12.8. The minimum Gasteiger partial charge on any atom is -0.393 e. The van der Waals surface area contributed by atoms with Gasteiger partial charge in [0.05, 0.1) is 6.10 Å². The molecular weight excluding hydrogens is 367 g/mol. The van der Waals surface area contributed by atoms with E-state index in [-0.39, 0.29) is 36.0 Å². The van der Waals surface area contributed by atoms with E-state index in [1.54, 1.807) is 6.20 Å². The van der Waals surface area contributed by atoms with Crippen molar-refractivity contribution in [1.82, 2.24) is 10.3 Å². The first-order valence-corrected chi connectivity index (χ1v) is 6.87. The number of aromatic nitrogens is 1. The average Bonchev–Trinajstić information content (AvgIpc) is 2.83. The van der Waals surface area contributed by atoms with Gasteiger partial charge in [-0.1, -0.05) is 12.5 Å². The van der Waals surface area contributed by atoms with Gasteiger partial charge in [-0.15, -0.1) is 24.0 Å². The van der Waals surface area contributed by atoms with Crippen molar-refractivity contribution in [3.63, 3.8) is 0 Å². The van der Waals surface area contributed by atoms with Crippen LogP contribution in [0.2, 0.25) is 0 Å². The highest BCUT2D eigenvalue weighted by atomic mass is 127. The lowest BCUT2D eigenvalue weighted by Crippen LogP contribution is -2.34. The van der Waals surface area contributed by atoms with Crippen molar-refractivity contribution in [2.45, 2.75) is 31.8 Å². The molecule has 1 aliphatic rings. The molecule has 6 heteroatoms. The third-order valence-electron chi connectivity index (χ3n) is 3.53. The summed E-state index contributed by atoms with van der Waals surface area (Å²) in [5.41, 5.74) is 6.83. The zero-order chi connectivity index (χ0) is 13.5. The third kappa shape index (κ3) is 5.62.